The molecule has 0 heterocycles. The molecule has 3 N–H and O–H groups in total. The average molecular weight is 250 g/mol. The van der Waals surface area contributed by atoms with Crippen LogP contribution in [0.4, 0.5) is 5.69 Å². The van der Waals surface area contributed by atoms with Crippen LogP contribution in [0.5, 0.6) is 5.75 Å². The Morgan fingerprint density at radius 3 is 2.44 bits per heavy atom. The minimum atomic E-state index is -0.471. The van der Waals surface area contributed by atoms with Crippen molar-refractivity contribution in [1.29, 1.82) is 0 Å². The molecule has 0 saturated carbocycles. The largest absolute Gasteiger partial charge is 0.494 e. The summed E-state index contributed by atoms with van der Waals surface area (Å²) in [5.74, 6) is 0.822. The lowest BCUT2D eigenvalue weighted by molar-refractivity contribution is -0.118. The van der Waals surface area contributed by atoms with E-state index in [1.54, 1.807) is 0 Å². The molecule has 0 aromatic heterocycles. The Kier molecular flexibility index (Phi) is 5.65. The van der Waals surface area contributed by atoms with Gasteiger partial charge in [-0.2, -0.15) is 0 Å². The van der Waals surface area contributed by atoms with Crippen LogP contribution in [0.25, 0.3) is 0 Å². The molecule has 0 aliphatic rings. The minimum Gasteiger partial charge on any atom is -0.494 e. The standard InChI is InChI=1S/C14H22N2O2/c1-4-10(3)13(15)14(17)16-11-6-8-12(9-7-11)18-5-2/h6-10,13H,4-5,15H2,1-3H3,(H,16,17). The van der Waals surface area contributed by atoms with E-state index < -0.39 is 6.04 Å². The summed E-state index contributed by atoms with van der Waals surface area (Å²) in [5.41, 5.74) is 6.60. The van der Waals surface area contributed by atoms with Gasteiger partial charge in [-0.25, -0.2) is 0 Å². The van der Waals surface area contributed by atoms with Crippen molar-refractivity contribution in [1.82, 2.24) is 0 Å². The predicted molar refractivity (Wildman–Crippen MR) is 73.7 cm³/mol. The number of carbonyl (C=O) groups is 1. The van der Waals surface area contributed by atoms with Crippen LogP contribution < -0.4 is 15.8 Å². The number of carbonyl (C=O) groups excluding carboxylic acids is 1. The van der Waals surface area contributed by atoms with Crippen LogP contribution in [-0.2, 0) is 4.79 Å². The number of anilines is 1. The SMILES string of the molecule is CCOc1ccc(NC(=O)C(N)C(C)CC)cc1. The second kappa shape index (κ2) is 7.01. The van der Waals surface area contributed by atoms with Crippen LogP contribution >= 0.6 is 0 Å². The second-order valence-corrected chi connectivity index (χ2v) is 4.36. The first kappa shape index (κ1) is 14.5. The molecule has 2 unspecified atom stereocenters. The van der Waals surface area contributed by atoms with Crippen LogP contribution in [0.3, 0.4) is 0 Å². The van der Waals surface area contributed by atoms with Crippen LogP contribution in [0.2, 0.25) is 0 Å². The lowest BCUT2D eigenvalue weighted by atomic mass is 9.99. The van der Waals surface area contributed by atoms with Gasteiger partial charge in [0.25, 0.3) is 0 Å². The Bertz CT molecular complexity index is 376. The highest BCUT2D eigenvalue weighted by Gasteiger charge is 2.19. The lowest BCUT2D eigenvalue weighted by Gasteiger charge is -2.17. The lowest BCUT2D eigenvalue weighted by Crippen LogP contribution is -2.40. The Morgan fingerprint density at radius 1 is 1.33 bits per heavy atom. The van der Waals surface area contributed by atoms with Gasteiger partial charge in [0.05, 0.1) is 12.6 Å². The van der Waals surface area contributed by atoms with Gasteiger partial charge < -0.3 is 15.8 Å². The number of benzene rings is 1. The molecule has 4 heteroatoms. The molecule has 0 spiro atoms. The number of amides is 1. The number of nitrogens with one attached hydrogen (secondary N) is 1. The molecule has 0 fully saturated rings. The molecule has 1 aromatic carbocycles. The van der Waals surface area contributed by atoms with Crippen molar-refractivity contribution in [3.63, 3.8) is 0 Å². The van der Waals surface area contributed by atoms with Crippen molar-refractivity contribution < 1.29 is 9.53 Å². The van der Waals surface area contributed by atoms with E-state index in [0.717, 1.165) is 17.9 Å². The normalized spacial score (nSPS) is 13.8. The molecular formula is C14H22N2O2. The van der Waals surface area contributed by atoms with Crippen molar-refractivity contribution in [3.05, 3.63) is 24.3 Å². The quantitative estimate of drug-likeness (QED) is 0.814. The van der Waals surface area contributed by atoms with Crippen molar-refractivity contribution in [2.24, 2.45) is 11.7 Å². The average Bonchev–Trinajstić information content (AvgIpc) is 2.39. The first-order chi connectivity index (χ1) is 8.58. The first-order valence-corrected chi connectivity index (χ1v) is 6.37. The Balaban J connectivity index is 2.59. The predicted octanol–water partition coefficient (Wildman–Crippen LogP) is 2.40. The number of hydrogen-bond donors (Lipinski definition) is 2. The molecule has 1 rings (SSSR count). The summed E-state index contributed by atoms with van der Waals surface area (Å²) in [7, 11) is 0. The van der Waals surface area contributed by atoms with Crippen molar-refractivity contribution in [2.75, 3.05) is 11.9 Å². The van der Waals surface area contributed by atoms with E-state index in [1.165, 1.54) is 0 Å². The number of hydrogen-bond acceptors (Lipinski definition) is 3. The van der Waals surface area contributed by atoms with Gasteiger partial charge in [0.1, 0.15) is 5.75 Å². The third kappa shape index (κ3) is 4.04. The molecular weight excluding hydrogens is 228 g/mol. The summed E-state index contributed by atoms with van der Waals surface area (Å²) >= 11 is 0. The smallest absolute Gasteiger partial charge is 0.241 e. The van der Waals surface area contributed by atoms with Gasteiger partial charge in [0, 0.05) is 5.69 Å². The fourth-order valence-electron chi connectivity index (χ4n) is 1.54. The summed E-state index contributed by atoms with van der Waals surface area (Å²) in [5, 5.41) is 2.81. The van der Waals surface area contributed by atoms with Gasteiger partial charge in [-0.05, 0) is 37.1 Å². The van der Waals surface area contributed by atoms with Crippen molar-refractivity contribution in [2.45, 2.75) is 33.2 Å². The van der Waals surface area contributed by atoms with Crippen LogP contribution in [0.15, 0.2) is 24.3 Å². The van der Waals surface area contributed by atoms with Gasteiger partial charge in [-0.3, -0.25) is 4.79 Å². The van der Waals surface area contributed by atoms with Crippen LogP contribution in [0, 0.1) is 5.92 Å². The highest BCUT2D eigenvalue weighted by atomic mass is 16.5. The summed E-state index contributed by atoms with van der Waals surface area (Å²) in [4.78, 5) is 11.9. The molecule has 0 aliphatic heterocycles. The molecule has 0 aliphatic carbocycles. The van der Waals surface area contributed by atoms with Gasteiger partial charge in [0.2, 0.25) is 5.91 Å². The van der Waals surface area contributed by atoms with E-state index in [4.69, 9.17) is 10.5 Å². The highest BCUT2D eigenvalue weighted by Crippen LogP contribution is 2.16. The zero-order chi connectivity index (χ0) is 13.5. The summed E-state index contributed by atoms with van der Waals surface area (Å²) in [6, 6.07) is 6.81. The van der Waals surface area contributed by atoms with Gasteiger partial charge in [0.15, 0.2) is 0 Å². The minimum absolute atomic E-state index is 0.145. The Hall–Kier alpha value is -1.55. The Morgan fingerprint density at radius 2 is 1.94 bits per heavy atom. The molecule has 0 radical (unpaired) electrons. The number of ether oxygens (including phenoxy) is 1. The molecule has 0 bridgehead atoms. The molecule has 2 atom stereocenters. The maximum Gasteiger partial charge on any atom is 0.241 e. The fraction of sp³-hybridized carbons (Fsp3) is 0.500. The maximum atomic E-state index is 11.9. The van der Waals surface area contributed by atoms with Gasteiger partial charge >= 0.3 is 0 Å². The molecule has 4 nitrogen and oxygen atoms in total. The van der Waals surface area contributed by atoms with Crippen molar-refractivity contribution in [3.8, 4) is 5.75 Å². The first-order valence-electron chi connectivity index (χ1n) is 6.37. The second-order valence-electron chi connectivity index (χ2n) is 4.36. The molecule has 1 aromatic rings. The fourth-order valence-corrected chi connectivity index (χ4v) is 1.54. The molecule has 18 heavy (non-hydrogen) atoms. The molecule has 1 amide bonds. The third-order valence-electron chi connectivity index (χ3n) is 2.99. The summed E-state index contributed by atoms with van der Waals surface area (Å²) in [6.07, 6.45) is 0.887. The number of nitrogens with two attached hydrogens (primary N) is 1. The number of rotatable bonds is 6. The third-order valence-corrected chi connectivity index (χ3v) is 2.99. The van der Waals surface area contributed by atoms with Gasteiger partial charge in [-0.1, -0.05) is 20.3 Å². The molecule has 0 saturated heterocycles. The molecule has 100 valence electrons. The topological polar surface area (TPSA) is 64.3 Å². The maximum absolute atomic E-state index is 11.9. The van der Waals surface area contributed by atoms with E-state index >= 15 is 0 Å². The van der Waals surface area contributed by atoms with E-state index in [1.807, 2.05) is 45.0 Å². The summed E-state index contributed by atoms with van der Waals surface area (Å²) in [6.45, 7) is 6.56. The highest BCUT2D eigenvalue weighted by molar-refractivity contribution is 5.94. The van der Waals surface area contributed by atoms with Crippen molar-refractivity contribution >= 4 is 11.6 Å². The monoisotopic (exact) mass is 250 g/mol. The van der Waals surface area contributed by atoms with E-state index in [2.05, 4.69) is 5.32 Å². The zero-order valence-electron chi connectivity index (χ0n) is 11.3. The summed E-state index contributed by atoms with van der Waals surface area (Å²) < 4.78 is 5.33. The van der Waals surface area contributed by atoms with E-state index in [9.17, 15) is 4.79 Å². The van der Waals surface area contributed by atoms with Crippen LogP contribution in [0.1, 0.15) is 27.2 Å². The zero-order valence-corrected chi connectivity index (χ0v) is 11.3. The Labute approximate surface area is 109 Å². The van der Waals surface area contributed by atoms with E-state index in [-0.39, 0.29) is 11.8 Å². The van der Waals surface area contributed by atoms with Crippen LogP contribution in [-0.4, -0.2) is 18.6 Å². The van der Waals surface area contributed by atoms with E-state index in [0.29, 0.717) is 6.61 Å². The van der Waals surface area contributed by atoms with Gasteiger partial charge in [-0.15, -0.1) is 0 Å².